The molecule has 8 nitrogen and oxygen atoms in total. The third-order valence-corrected chi connectivity index (χ3v) is 4.48. The molecule has 2 aliphatic heterocycles. The Morgan fingerprint density at radius 1 is 1.12 bits per heavy atom. The summed E-state index contributed by atoms with van der Waals surface area (Å²) >= 11 is 0. The van der Waals surface area contributed by atoms with Crippen molar-refractivity contribution >= 4 is 11.9 Å². The number of hydrogen-bond acceptors (Lipinski definition) is 6. The molecule has 8 heteroatoms. The summed E-state index contributed by atoms with van der Waals surface area (Å²) < 4.78 is 6.72. The average Bonchev–Trinajstić information content (AvgIpc) is 3.27. The molecule has 0 radical (unpaired) electrons. The fraction of sp³-hybridized carbons (Fsp3) is 0.167. The maximum atomic E-state index is 11.9. The van der Waals surface area contributed by atoms with Gasteiger partial charge in [0.2, 0.25) is 0 Å². The summed E-state index contributed by atoms with van der Waals surface area (Å²) in [5, 5.41) is 7.27. The predicted octanol–water partition coefficient (Wildman–Crippen LogP) is 1.42. The van der Waals surface area contributed by atoms with E-state index >= 15 is 0 Å². The summed E-state index contributed by atoms with van der Waals surface area (Å²) in [5.41, 5.74) is 4.00. The number of nitrogens with zero attached hydrogens (tertiary/aromatic N) is 4. The van der Waals surface area contributed by atoms with Crippen molar-refractivity contribution in [1.29, 1.82) is 0 Å². The van der Waals surface area contributed by atoms with E-state index in [0.717, 1.165) is 11.1 Å². The molecule has 3 aromatic rings. The predicted molar refractivity (Wildman–Crippen MR) is 90.1 cm³/mol. The van der Waals surface area contributed by atoms with Gasteiger partial charge in [-0.3, -0.25) is 9.48 Å². The maximum absolute atomic E-state index is 11.9. The lowest BCUT2D eigenvalue weighted by Gasteiger charge is -2.13. The standard InChI is InChI=1S/C18H13N5O3/c24-17-15-8-14(22-23(15)6-5-20-17)13-3-4-19-16(21-13)10-1-2-12-11(7-10)9-26-18(12)25/h1-4,7-8H,5-6,9H2,(H,20,24). The monoisotopic (exact) mass is 347 g/mol. The number of carbonyl (C=O) groups is 2. The molecule has 1 N–H and O–H groups in total. The van der Waals surface area contributed by atoms with Crippen LogP contribution in [0.5, 0.6) is 0 Å². The van der Waals surface area contributed by atoms with Crippen LogP contribution in [0.15, 0.2) is 36.5 Å². The molecule has 2 aliphatic rings. The molecule has 0 unspecified atom stereocenters. The van der Waals surface area contributed by atoms with Gasteiger partial charge in [-0.25, -0.2) is 14.8 Å². The van der Waals surface area contributed by atoms with Gasteiger partial charge < -0.3 is 10.1 Å². The van der Waals surface area contributed by atoms with Gasteiger partial charge in [0.05, 0.1) is 17.8 Å². The number of fused-ring (bicyclic) bond motifs is 2. The molecule has 4 heterocycles. The number of nitrogens with one attached hydrogen (secondary N) is 1. The van der Waals surface area contributed by atoms with E-state index in [1.54, 1.807) is 35.1 Å². The van der Waals surface area contributed by atoms with Crippen LogP contribution in [-0.4, -0.2) is 38.2 Å². The fourth-order valence-corrected chi connectivity index (χ4v) is 3.17. The summed E-state index contributed by atoms with van der Waals surface area (Å²) in [5.74, 6) is 0.0933. The Morgan fingerprint density at radius 3 is 2.92 bits per heavy atom. The number of rotatable bonds is 2. The van der Waals surface area contributed by atoms with Crippen LogP contribution in [-0.2, 0) is 17.9 Å². The Labute approximate surface area is 147 Å². The SMILES string of the molecule is O=C1OCc2cc(-c3nccc(-c4cc5n(n4)CCNC5=O)n3)ccc21. The van der Waals surface area contributed by atoms with Crippen molar-refractivity contribution < 1.29 is 14.3 Å². The lowest BCUT2D eigenvalue weighted by Crippen LogP contribution is -2.35. The minimum Gasteiger partial charge on any atom is -0.457 e. The van der Waals surface area contributed by atoms with Crippen LogP contribution in [0.25, 0.3) is 22.8 Å². The minimum absolute atomic E-state index is 0.132. The van der Waals surface area contributed by atoms with Crippen molar-refractivity contribution in [3.05, 3.63) is 53.3 Å². The van der Waals surface area contributed by atoms with E-state index in [1.807, 2.05) is 6.07 Å². The van der Waals surface area contributed by atoms with E-state index in [-0.39, 0.29) is 18.5 Å². The number of carbonyl (C=O) groups excluding carboxylic acids is 2. The van der Waals surface area contributed by atoms with Crippen LogP contribution < -0.4 is 5.32 Å². The van der Waals surface area contributed by atoms with Crippen LogP contribution in [0, 0.1) is 0 Å². The number of esters is 1. The number of benzene rings is 1. The highest BCUT2D eigenvalue weighted by atomic mass is 16.5. The van der Waals surface area contributed by atoms with Gasteiger partial charge in [-0.1, -0.05) is 6.07 Å². The zero-order valence-corrected chi connectivity index (χ0v) is 13.6. The molecule has 0 fully saturated rings. The highest BCUT2D eigenvalue weighted by molar-refractivity contribution is 5.94. The first-order chi connectivity index (χ1) is 12.7. The van der Waals surface area contributed by atoms with Gasteiger partial charge in [-0.05, 0) is 24.3 Å². The van der Waals surface area contributed by atoms with Crippen LogP contribution in [0.2, 0.25) is 0 Å². The molecule has 2 aromatic heterocycles. The second-order valence-corrected chi connectivity index (χ2v) is 6.11. The number of aromatic nitrogens is 4. The number of amides is 1. The summed E-state index contributed by atoms with van der Waals surface area (Å²) in [4.78, 5) is 32.4. The van der Waals surface area contributed by atoms with Crippen LogP contribution in [0.4, 0.5) is 0 Å². The first-order valence-electron chi connectivity index (χ1n) is 8.19. The van der Waals surface area contributed by atoms with Crippen molar-refractivity contribution in [2.45, 2.75) is 13.2 Å². The first kappa shape index (κ1) is 14.8. The molecular formula is C18H13N5O3. The number of hydrogen-bond donors (Lipinski definition) is 1. The molecule has 0 saturated carbocycles. The van der Waals surface area contributed by atoms with E-state index in [0.29, 0.717) is 41.6 Å². The van der Waals surface area contributed by atoms with Gasteiger partial charge >= 0.3 is 5.97 Å². The van der Waals surface area contributed by atoms with Gasteiger partial charge in [0.15, 0.2) is 5.82 Å². The topological polar surface area (TPSA) is 99.0 Å². The Morgan fingerprint density at radius 2 is 2.04 bits per heavy atom. The third-order valence-electron chi connectivity index (χ3n) is 4.48. The smallest absolute Gasteiger partial charge is 0.338 e. The lowest BCUT2D eigenvalue weighted by molar-refractivity contribution is 0.0535. The van der Waals surface area contributed by atoms with Crippen LogP contribution in [0.3, 0.4) is 0 Å². The van der Waals surface area contributed by atoms with Crippen molar-refractivity contribution in [1.82, 2.24) is 25.1 Å². The molecule has 0 bridgehead atoms. The van der Waals surface area contributed by atoms with Gasteiger partial charge in [0.25, 0.3) is 5.91 Å². The van der Waals surface area contributed by atoms with E-state index in [9.17, 15) is 9.59 Å². The number of cyclic esters (lactones) is 1. The summed E-state index contributed by atoms with van der Waals surface area (Å²) in [6.07, 6.45) is 1.66. The largest absolute Gasteiger partial charge is 0.457 e. The molecule has 26 heavy (non-hydrogen) atoms. The summed E-state index contributed by atoms with van der Waals surface area (Å²) in [6.45, 7) is 1.47. The zero-order chi connectivity index (χ0) is 17.7. The van der Waals surface area contributed by atoms with Gasteiger partial charge in [-0.2, -0.15) is 5.10 Å². The molecule has 5 rings (SSSR count). The molecule has 1 aromatic carbocycles. The van der Waals surface area contributed by atoms with Crippen molar-refractivity contribution in [3.8, 4) is 22.8 Å². The minimum atomic E-state index is -0.303. The van der Waals surface area contributed by atoms with Gasteiger partial charge in [0, 0.05) is 23.9 Å². The molecular weight excluding hydrogens is 334 g/mol. The van der Waals surface area contributed by atoms with Crippen molar-refractivity contribution in [3.63, 3.8) is 0 Å². The summed E-state index contributed by atoms with van der Waals surface area (Å²) in [7, 11) is 0. The van der Waals surface area contributed by atoms with Gasteiger partial charge in [0.1, 0.15) is 18.0 Å². The molecule has 0 saturated heterocycles. The molecule has 0 atom stereocenters. The second kappa shape index (κ2) is 5.48. The molecule has 128 valence electrons. The van der Waals surface area contributed by atoms with Crippen LogP contribution in [0.1, 0.15) is 26.4 Å². The normalized spacial score (nSPS) is 15.2. The van der Waals surface area contributed by atoms with Gasteiger partial charge in [-0.15, -0.1) is 0 Å². The maximum Gasteiger partial charge on any atom is 0.338 e. The third kappa shape index (κ3) is 2.26. The van der Waals surface area contributed by atoms with E-state index in [1.165, 1.54) is 0 Å². The summed E-state index contributed by atoms with van der Waals surface area (Å²) in [6, 6.07) is 8.89. The molecule has 0 spiro atoms. The van der Waals surface area contributed by atoms with Crippen LogP contribution >= 0.6 is 0 Å². The Kier molecular flexibility index (Phi) is 3.11. The Bertz CT molecular complexity index is 1070. The first-order valence-corrected chi connectivity index (χ1v) is 8.19. The van der Waals surface area contributed by atoms with Crippen molar-refractivity contribution in [2.24, 2.45) is 0 Å². The van der Waals surface area contributed by atoms with E-state index in [2.05, 4.69) is 20.4 Å². The van der Waals surface area contributed by atoms with Crippen molar-refractivity contribution in [2.75, 3.05) is 6.54 Å². The second-order valence-electron chi connectivity index (χ2n) is 6.11. The fourth-order valence-electron chi connectivity index (χ4n) is 3.17. The highest BCUT2D eigenvalue weighted by Crippen LogP contribution is 2.26. The lowest BCUT2D eigenvalue weighted by atomic mass is 10.1. The van der Waals surface area contributed by atoms with E-state index < -0.39 is 0 Å². The Hall–Kier alpha value is -3.55. The molecule has 0 aliphatic carbocycles. The molecule has 1 amide bonds. The quantitative estimate of drug-likeness (QED) is 0.704. The zero-order valence-electron chi connectivity index (χ0n) is 13.6. The number of ether oxygens (including phenoxy) is 1. The average molecular weight is 347 g/mol. The van der Waals surface area contributed by atoms with E-state index in [4.69, 9.17) is 4.74 Å². The highest BCUT2D eigenvalue weighted by Gasteiger charge is 2.23. The Balaban J connectivity index is 1.54.